The first-order chi connectivity index (χ1) is 11.7. The largest absolute Gasteiger partial charge is 0.497 e. The van der Waals surface area contributed by atoms with E-state index in [1.54, 1.807) is 20.3 Å². The van der Waals surface area contributed by atoms with Crippen molar-refractivity contribution >= 4 is 11.5 Å². The Morgan fingerprint density at radius 3 is 2.25 bits per heavy atom. The van der Waals surface area contributed by atoms with Crippen molar-refractivity contribution in [3.63, 3.8) is 0 Å². The fourth-order valence-electron chi connectivity index (χ4n) is 2.27. The molecule has 0 heterocycles. The van der Waals surface area contributed by atoms with Crippen LogP contribution in [0.4, 0.5) is 0 Å². The summed E-state index contributed by atoms with van der Waals surface area (Å²) >= 11 is 0. The van der Waals surface area contributed by atoms with E-state index in [0.29, 0.717) is 0 Å². The summed E-state index contributed by atoms with van der Waals surface area (Å²) in [4.78, 5) is 11.3. The van der Waals surface area contributed by atoms with Gasteiger partial charge in [-0.15, -0.1) is 0 Å². The standard InChI is InChI=1S/C20H20O4/c1-22-16-13-11-15(12-14-16)17(8-6-10-20(21)24-3)18-7-4-5-9-19(18)23-2/h4-14H,1-3H3/b10-6+,17-8-. The van der Waals surface area contributed by atoms with Crippen LogP contribution in [-0.4, -0.2) is 27.3 Å². The van der Waals surface area contributed by atoms with E-state index in [-0.39, 0.29) is 0 Å². The van der Waals surface area contributed by atoms with Gasteiger partial charge < -0.3 is 14.2 Å². The molecule has 0 spiro atoms. The molecular formula is C20H20O4. The molecule has 0 radical (unpaired) electrons. The van der Waals surface area contributed by atoms with E-state index in [9.17, 15) is 4.79 Å². The summed E-state index contributed by atoms with van der Waals surface area (Å²) in [5.74, 6) is 1.13. The minimum atomic E-state index is -0.402. The summed E-state index contributed by atoms with van der Waals surface area (Å²) in [6.45, 7) is 0. The molecule has 0 saturated carbocycles. The fraction of sp³-hybridized carbons (Fsp3) is 0.150. The van der Waals surface area contributed by atoms with Crippen molar-refractivity contribution in [2.24, 2.45) is 0 Å². The first-order valence-electron chi connectivity index (χ1n) is 7.43. The first kappa shape index (κ1) is 17.3. The number of ether oxygens (including phenoxy) is 3. The van der Waals surface area contributed by atoms with Crippen LogP contribution in [0.25, 0.3) is 5.57 Å². The third-order valence-corrected chi connectivity index (χ3v) is 3.49. The molecule has 2 aromatic carbocycles. The van der Waals surface area contributed by atoms with Crippen LogP contribution in [0.5, 0.6) is 11.5 Å². The van der Waals surface area contributed by atoms with Gasteiger partial charge in [-0.25, -0.2) is 4.79 Å². The van der Waals surface area contributed by atoms with Gasteiger partial charge in [-0.3, -0.25) is 0 Å². The number of methoxy groups -OCH3 is 3. The van der Waals surface area contributed by atoms with E-state index in [4.69, 9.17) is 9.47 Å². The van der Waals surface area contributed by atoms with Crippen molar-refractivity contribution in [3.05, 3.63) is 77.9 Å². The van der Waals surface area contributed by atoms with E-state index >= 15 is 0 Å². The van der Waals surface area contributed by atoms with Crippen LogP contribution in [0.3, 0.4) is 0 Å². The molecule has 0 N–H and O–H groups in total. The fourth-order valence-corrected chi connectivity index (χ4v) is 2.27. The molecule has 0 aliphatic heterocycles. The van der Waals surface area contributed by atoms with Crippen molar-refractivity contribution in [2.45, 2.75) is 0 Å². The molecule has 2 aromatic rings. The molecule has 2 rings (SSSR count). The Kier molecular flexibility index (Phi) is 6.20. The molecule has 0 bridgehead atoms. The van der Waals surface area contributed by atoms with Gasteiger partial charge in [-0.1, -0.05) is 42.5 Å². The van der Waals surface area contributed by atoms with E-state index in [1.165, 1.54) is 13.2 Å². The normalized spacial score (nSPS) is 11.4. The average molecular weight is 324 g/mol. The van der Waals surface area contributed by atoms with Gasteiger partial charge in [0.05, 0.1) is 21.3 Å². The molecule has 0 fully saturated rings. The minimum absolute atomic E-state index is 0.402. The summed E-state index contributed by atoms with van der Waals surface area (Å²) in [5, 5.41) is 0. The van der Waals surface area contributed by atoms with E-state index < -0.39 is 5.97 Å². The van der Waals surface area contributed by atoms with E-state index in [2.05, 4.69) is 4.74 Å². The number of allylic oxidation sites excluding steroid dienone is 2. The van der Waals surface area contributed by atoms with Crippen LogP contribution in [0.15, 0.2) is 66.8 Å². The van der Waals surface area contributed by atoms with Crippen molar-refractivity contribution in [1.82, 2.24) is 0 Å². The summed E-state index contributed by atoms with van der Waals surface area (Å²) in [7, 11) is 4.61. The van der Waals surface area contributed by atoms with Crippen molar-refractivity contribution in [2.75, 3.05) is 21.3 Å². The van der Waals surface area contributed by atoms with Crippen LogP contribution in [0, 0.1) is 0 Å². The lowest BCUT2D eigenvalue weighted by Gasteiger charge is -2.13. The third kappa shape index (κ3) is 4.26. The molecule has 124 valence electrons. The van der Waals surface area contributed by atoms with Crippen molar-refractivity contribution < 1.29 is 19.0 Å². The molecule has 0 aromatic heterocycles. The lowest BCUT2D eigenvalue weighted by atomic mass is 9.96. The molecule has 0 aliphatic carbocycles. The zero-order chi connectivity index (χ0) is 17.4. The predicted molar refractivity (Wildman–Crippen MR) is 94.2 cm³/mol. The van der Waals surface area contributed by atoms with Gasteiger partial charge in [0, 0.05) is 11.6 Å². The maximum atomic E-state index is 11.3. The van der Waals surface area contributed by atoms with Crippen LogP contribution >= 0.6 is 0 Å². The van der Waals surface area contributed by atoms with Crippen molar-refractivity contribution in [3.8, 4) is 11.5 Å². The lowest BCUT2D eigenvalue weighted by Crippen LogP contribution is -1.95. The molecule has 0 unspecified atom stereocenters. The number of carbonyl (C=O) groups is 1. The second kappa shape index (κ2) is 8.58. The highest BCUT2D eigenvalue weighted by molar-refractivity contribution is 5.86. The Labute approximate surface area is 142 Å². The number of carbonyl (C=O) groups excluding carboxylic acids is 1. The monoisotopic (exact) mass is 324 g/mol. The highest BCUT2D eigenvalue weighted by Crippen LogP contribution is 2.31. The quantitative estimate of drug-likeness (QED) is 0.460. The molecular weight excluding hydrogens is 304 g/mol. The van der Waals surface area contributed by atoms with Gasteiger partial charge in [-0.05, 0) is 29.3 Å². The SMILES string of the molecule is COC(=O)/C=C/C=C(/c1ccc(OC)cc1)c1ccccc1OC. The summed E-state index contributed by atoms with van der Waals surface area (Å²) < 4.78 is 15.3. The van der Waals surface area contributed by atoms with Gasteiger partial charge in [-0.2, -0.15) is 0 Å². The zero-order valence-corrected chi connectivity index (χ0v) is 14.0. The van der Waals surface area contributed by atoms with Gasteiger partial charge in [0.25, 0.3) is 0 Å². The Morgan fingerprint density at radius 2 is 1.62 bits per heavy atom. The Morgan fingerprint density at radius 1 is 0.917 bits per heavy atom. The number of benzene rings is 2. The minimum Gasteiger partial charge on any atom is -0.497 e. The van der Waals surface area contributed by atoms with Crippen LogP contribution in [-0.2, 0) is 9.53 Å². The summed E-state index contributed by atoms with van der Waals surface area (Å²) in [6.07, 6.45) is 4.90. The number of hydrogen-bond donors (Lipinski definition) is 0. The van der Waals surface area contributed by atoms with E-state index in [0.717, 1.165) is 28.2 Å². The Hall–Kier alpha value is -3.01. The average Bonchev–Trinajstić information content (AvgIpc) is 2.65. The molecule has 0 saturated heterocycles. The molecule has 24 heavy (non-hydrogen) atoms. The second-order valence-corrected chi connectivity index (χ2v) is 4.89. The predicted octanol–water partition coefficient (Wildman–Crippen LogP) is 3.86. The molecule has 4 nitrogen and oxygen atoms in total. The lowest BCUT2D eigenvalue weighted by molar-refractivity contribution is -0.134. The zero-order valence-electron chi connectivity index (χ0n) is 14.0. The summed E-state index contributed by atoms with van der Waals surface area (Å²) in [5.41, 5.74) is 2.84. The Balaban J connectivity index is 2.50. The van der Waals surface area contributed by atoms with Crippen LogP contribution < -0.4 is 9.47 Å². The number of hydrogen-bond acceptors (Lipinski definition) is 4. The van der Waals surface area contributed by atoms with Gasteiger partial charge in [0.1, 0.15) is 11.5 Å². The number of para-hydroxylation sites is 1. The first-order valence-corrected chi connectivity index (χ1v) is 7.43. The molecule has 0 amide bonds. The van der Waals surface area contributed by atoms with Crippen LogP contribution in [0.2, 0.25) is 0 Å². The Bertz CT molecular complexity index is 742. The maximum Gasteiger partial charge on any atom is 0.330 e. The van der Waals surface area contributed by atoms with Crippen LogP contribution in [0.1, 0.15) is 11.1 Å². The summed E-state index contributed by atoms with van der Waals surface area (Å²) in [6, 6.07) is 15.4. The highest BCUT2D eigenvalue weighted by Gasteiger charge is 2.10. The van der Waals surface area contributed by atoms with Crippen molar-refractivity contribution in [1.29, 1.82) is 0 Å². The maximum absolute atomic E-state index is 11.3. The van der Waals surface area contributed by atoms with Gasteiger partial charge >= 0.3 is 5.97 Å². The second-order valence-electron chi connectivity index (χ2n) is 4.89. The smallest absolute Gasteiger partial charge is 0.330 e. The highest BCUT2D eigenvalue weighted by atomic mass is 16.5. The van der Waals surface area contributed by atoms with Gasteiger partial charge in [0.15, 0.2) is 0 Å². The third-order valence-electron chi connectivity index (χ3n) is 3.49. The number of rotatable bonds is 6. The molecule has 4 heteroatoms. The molecule has 0 aliphatic rings. The number of esters is 1. The van der Waals surface area contributed by atoms with E-state index in [1.807, 2.05) is 54.6 Å². The molecule has 0 atom stereocenters. The van der Waals surface area contributed by atoms with Gasteiger partial charge in [0.2, 0.25) is 0 Å². The topological polar surface area (TPSA) is 44.8 Å².